The summed E-state index contributed by atoms with van der Waals surface area (Å²) in [6, 6.07) is 6.32. The largest absolute Gasteiger partial charge is 0.324 e. The van der Waals surface area contributed by atoms with Gasteiger partial charge in [-0.05, 0) is 30.5 Å². The maximum Gasteiger partial charge on any atom is 0.0306 e. The Hall–Kier alpha value is -0.340. The van der Waals surface area contributed by atoms with Crippen molar-refractivity contribution in [3.63, 3.8) is 0 Å². The van der Waals surface area contributed by atoms with Gasteiger partial charge in [0.25, 0.3) is 0 Å². The van der Waals surface area contributed by atoms with Crippen LogP contribution in [-0.4, -0.2) is 0 Å². The lowest BCUT2D eigenvalue weighted by Gasteiger charge is -2.14. The van der Waals surface area contributed by atoms with E-state index in [4.69, 9.17) is 5.73 Å². The third-order valence-corrected chi connectivity index (χ3v) is 2.77. The van der Waals surface area contributed by atoms with Crippen LogP contribution in [-0.2, 0) is 0 Å². The summed E-state index contributed by atoms with van der Waals surface area (Å²) in [6.45, 7) is 4.19. The molecule has 0 aliphatic carbocycles. The fraction of sp³-hybridized carbons (Fsp3) is 0.400. The lowest BCUT2D eigenvalue weighted by molar-refractivity contribution is 0.690. The van der Waals surface area contributed by atoms with E-state index in [0.717, 1.165) is 10.9 Å². The van der Waals surface area contributed by atoms with Gasteiger partial charge in [-0.2, -0.15) is 0 Å². The van der Waals surface area contributed by atoms with Crippen molar-refractivity contribution in [1.82, 2.24) is 0 Å². The fourth-order valence-electron chi connectivity index (χ4n) is 1.32. The van der Waals surface area contributed by atoms with E-state index in [2.05, 4.69) is 35.8 Å². The standard InChI is InChI=1S/C10H14BrN/c1-3-9(12)10-7(2)5-4-6-8(10)11/h4-6,9H,3,12H2,1-2H3. The highest BCUT2D eigenvalue weighted by molar-refractivity contribution is 9.10. The van der Waals surface area contributed by atoms with Gasteiger partial charge in [0.2, 0.25) is 0 Å². The van der Waals surface area contributed by atoms with Crippen molar-refractivity contribution in [3.8, 4) is 0 Å². The number of rotatable bonds is 2. The Balaban J connectivity index is 3.12. The maximum absolute atomic E-state index is 5.97. The SMILES string of the molecule is CCC(N)c1c(C)cccc1Br. The Labute approximate surface area is 82.1 Å². The Bertz CT molecular complexity index is 250. The maximum atomic E-state index is 5.97. The number of benzene rings is 1. The van der Waals surface area contributed by atoms with Crippen LogP contribution in [0.5, 0.6) is 0 Å². The fourth-order valence-corrected chi connectivity index (χ4v) is 2.08. The summed E-state index contributed by atoms with van der Waals surface area (Å²) < 4.78 is 1.12. The molecule has 0 saturated carbocycles. The highest BCUT2D eigenvalue weighted by Crippen LogP contribution is 2.26. The lowest BCUT2D eigenvalue weighted by Crippen LogP contribution is -2.10. The molecule has 0 spiro atoms. The van der Waals surface area contributed by atoms with Gasteiger partial charge in [0.15, 0.2) is 0 Å². The Morgan fingerprint density at radius 3 is 2.67 bits per heavy atom. The zero-order valence-corrected chi connectivity index (χ0v) is 9.06. The molecule has 1 aromatic rings. The molecule has 1 rings (SSSR count). The van der Waals surface area contributed by atoms with Crippen LogP contribution in [0.15, 0.2) is 22.7 Å². The monoisotopic (exact) mass is 227 g/mol. The summed E-state index contributed by atoms with van der Waals surface area (Å²) in [5.74, 6) is 0. The predicted octanol–water partition coefficient (Wildman–Crippen LogP) is 3.17. The quantitative estimate of drug-likeness (QED) is 0.826. The van der Waals surface area contributed by atoms with E-state index < -0.39 is 0 Å². The number of hydrogen-bond acceptors (Lipinski definition) is 1. The molecule has 0 saturated heterocycles. The zero-order chi connectivity index (χ0) is 9.14. The molecule has 1 unspecified atom stereocenters. The molecule has 1 nitrogen and oxygen atoms in total. The average Bonchev–Trinajstić information content (AvgIpc) is 2.03. The highest BCUT2D eigenvalue weighted by Gasteiger charge is 2.09. The van der Waals surface area contributed by atoms with Crippen LogP contribution in [0.1, 0.15) is 30.5 Å². The van der Waals surface area contributed by atoms with Gasteiger partial charge in [-0.1, -0.05) is 35.0 Å². The second-order valence-electron chi connectivity index (χ2n) is 2.99. The van der Waals surface area contributed by atoms with Crippen molar-refractivity contribution in [2.75, 3.05) is 0 Å². The van der Waals surface area contributed by atoms with Crippen molar-refractivity contribution in [3.05, 3.63) is 33.8 Å². The second kappa shape index (κ2) is 4.06. The van der Waals surface area contributed by atoms with Crippen LogP contribution in [0.4, 0.5) is 0 Å². The van der Waals surface area contributed by atoms with E-state index in [1.54, 1.807) is 0 Å². The number of nitrogens with two attached hydrogens (primary N) is 1. The number of aryl methyl sites for hydroxylation is 1. The van der Waals surface area contributed by atoms with E-state index in [1.165, 1.54) is 11.1 Å². The van der Waals surface area contributed by atoms with E-state index in [-0.39, 0.29) is 6.04 Å². The van der Waals surface area contributed by atoms with Gasteiger partial charge in [-0.25, -0.2) is 0 Å². The molecular formula is C10H14BrN. The topological polar surface area (TPSA) is 26.0 Å². The smallest absolute Gasteiger partial charge is 0.0306 e. The van der Waals surface area contributed by atoms with Gasteiger partial charge >= 0.3 is 0 Å². The molecular weight excluding hydrogens is 214 g/mol. The first kappa shape index (κ1) is 9.75. The predicted molar refractivity (Wildman–Crippen MR) is 56.1 cm³/mol. The highest BCUT2D eigenvalue weighted by atomic mass is 79.9. The third kappa shape index (κ3) is 1.87. The molecule has 2 N–H and O–H groups in total. The normalized spacial score (nSPS) is 13.0. The number of hydrogen-bond donors (Lipinski definition) is 1. The van der Waals surface area contributed by atoms with Crippen LogP contribution in [0.25, 0.3) is 0 Å². The Kier molecular flexibility index (Phi) is 3.29. The van der Waals surface area contributed by atoms with Crippen LogP contribution in [0.2, 0.25) is 0 Å². The average molecular weight is 228 g/mol. The van der Waals surface area contributed by atoms with Crippen LogP contribution < -0.4 is 5.73 Å². The summed E-state index contributed by atoms with van der Waals surface area (Å²) >= 11 is 3.51. The van der Waals surface area contributed by atoms with E-state index in [0.29, 0.717) is 0 Å². The Morgan fingerprint density at radius 1 is 1.50 bits per heavy atom. The third-order valence-electron chi connectivity index (χ3n) is 2.08. The molecule has 0 radical (unpaired) electrons. The molecule has 1 atom stereocenters. The van der Waals surface area contributed by atoms with Gasteiger partial charge in [0.05, 0.1) is 0 Å². The van der Waals surface area contributed by atoms with Gasteiger partial charge in [0.1, 0.15) is 0 Å². The summed E-state index contributed by atoms with van der Waals surface area (Å²) in [5.41, 5.74) is 8.46. The molecule has 0 aromatic heterocycles. The van der Waals surface area contributed by atoms with Crippen molar-refractivity contribution in [2.45, 2.75) is 26.3 Å². The Morgan fingerprint density at radius 2 is 2.17 bits per heavy atom. The first-order chi connectivity index (χ1) is 5.66. The van der Waals surface area contributed by atoms with Crippen LogP contribution >= 0.6 is 15.9 Å². The van der Waals surface area contributed by atoms with Crippen LogP contribution in [0, 0.1) is 6.92 Å². The molecule has 0 heterocycles. The van der Waals surface area contributed by atoms with E-state index in [9.17, 15) is 0 Å². The van der Waals surface area contributed by atoms with E-state index in [1.807, 2.05) is 12.1 Å². The number of halogens is 1. The molecule has 1 aromatic carbocycles. The second-order valence-corrected chi connectivity index (χ2v) is 3.84. The van der Waals surface area contributed by atoms with Crippen molar-refractivity contribution < 1.29 is 0 Å². The molecule has 0 amide bonds. The summed E-state index contributed by atoms with van der Waals surface area (Å²) in [4.78, 5) is 0. The van der Waals surface area contributed by atoms with E-state index >= 15 is 0 Å². The summed E-state index contributed by atoms with van der Waals surface area (Å²) in [7, 11) is 0. The first-order valence-electron chi connectivity index (χ1n) is 4.17. The van der Waals surface area contributed by atoms with Crippen molar-refractivity contribution in [1.29, 1.82) is 0 Å². The molecule has 0 bridgehead atoms. The van der Waals surface area contributed by atoms with Gasteiger partial charge in [-0.15, -0.1) is 0 Å². The minimum atomic E-state index is 0.153. The first-order valence-corrected chi connectivity index (χ1v) is 4.96. The van der Waals surface area contributed by atoms with Crippen molar-refractivity contribution >= 4 is 15.9 Å². The van der Waals surface area contributed by atoms with Gasteiger partial charge in [0, 0.05) is 10.5 Å². The van der Waals surface area contributed by atoms with Gasteiger partial charge in [-0.3, -0.25) is 0 Å². The summed E-state index contributed by atoms with van der Waals surface area (Å²) in [6.07, 6.45) is 0.976. The molecule has 0 aliphatic heterocycles. The molecule has 66 valence electrons. The molecule has 0 fully saturated rings. The lowest BCUT2D eigenvalue weighted by atomic mass is 10.0. The van der Waals surface area contributed by atoms with Crippen LogP contribution in [0.3, 0.4) is 0 Å². The van der Waals surface area contributed by atoms with Gasteiger partial charge < -0.3 is 5.73 Å². The molecule has 12 heavy (non-hydrogen) atoms. The minimum absolute atomic E-state index is 0.153. The van der Waals surface area contributed by atoms with Crippen molar-refractivity contribution in [2.24, 2.45) is 5.73 Å². The minimum Gasteiger partial charge on any atom is -0.324 e. The molecule has 2 heteroatoms. The molecule has 0 aliphatic rings. The zero-order valence-electron chi connectivity index (χ0n) is 7.47. The summed E-state index contributed by atoms with van der Waals surface area (Å²) in [5, 5.41) is 0.